The Kier molecular flexibility index (Phi) is 22.8. The molecule has 30 nitrogen and oxygen atoms in total. The van der Waals surface area contributed by atoms with Gasteiger partial charge in [-0.15, -0.1) is 0 Å². The molecular formula is C71H65ClF3N23O7. The summed E-state index contributed by atoms with van der Waals surface area (Å²) in [5.41, 5.74) is 12.5. The second-order valence-corrected chi connectivity index (χ2v) is 23.2. The molecule has 0 saturated carbocycles. The standard InChI is InChI=1S/C24H20FN7O2.C23H19FN8O2.C17H16FN3O.C7H5ClN4O.H3N.H2O/c1-3-16(30-21-19-20(28-13(2)29-21)26-12-27-23(19)33)22-31-17-11-7-10-15(25)18(17)24(34)32(22)14-8-5-4-6-9-14;1-2-14(28-19-17-18(30-23(25)31-19)26-11-27-21(17)33)20-29-15-10-6-9-13(24)16(15)22(34)32(20)12-7-4-3-5-8-12;1-2-13(19)16-20-14-10-6-9-12(18)15(14)17(22)21(16)11-7-4-3-5-8-11;1-3-11-5(8)4-6(12-3)9-2-10-7(4)13;;/h4-12,16H,3H2,1-2H3,(H2,26,27,28,29,30,33);3-11,14H,2H2,1H3,(H4,25,26,27,28,30,31,33);3-10,13H,2,19H2,1H3;2H,1H3,(H,9,10,11,12,13);1H3;1H2/t16-;14-;13-;;;/m000.../s1. The van der Waals surface area contributed by atoms with Gasteiger partial charge < -0.3 is 48.7 Å². The van der Waals surface area contributed by atoms with E-state index < -0.39 is 63.4 Å². The lowest BCUT2D eigenvalue weighted by Gasteiger charge is -2.22. The van der Waals surface area contributed by atoms with E-state index in [4.69, 9.17) is 23.1 Å². The van der Waals surface area contributed by atoms with Gasteiger partial charge in [-0.25, -0.2) is 63.0 Å². The van der Waals surface area contributed by atoms with E-state index in [0.717, 1.165) is 0 Å². The van der Waals surface area contributed by atoms with Gasteiger partial charge in [0, 0.05) is 0 Å². The van der Waals surface area contributed by atoms with Crippen LogP contribution in [0.1, 0.15) is 87.3 Å². The number of nitrogens with two attached hydrogens (primary N) is 2. The van der Waals surface area contributed by atoms with Gasteiger partial charge in [-0.3, -0.25) is 42.5 Å². The van der Waals surface area contributed by atoms with E-state index in [9.17, 15) is 41.9 Å². The Morgan fingerprint density at radius 2 is 0.771 bits per heavy atom. The number of para-hydroxylation sites is 3. The third kappa shape index (κ3) is 15.2. The topological polar surface area (TPSA) is 462 Å². The molecule has 0 aliphatic rings. The van der Waals surface area contributed by atoms with Crippen molar-refractivity contribution in [2.75, 3.05) is 16.4 Å². The van der Waals surface area contributed by atoms with Crippen molar-refractivity contribution in [3.8, 4) is 17.1 Å². The SMILES string of the molecule is CC[C@H](N)c1nc2cccc(F)c2c(=O)n1-c1ccccc1.CC[C@H](Nc1nc(C)nc2nc[nH]c(=O)c12)c1nc2cccc(F)c2c(=O)n1-c1ccccc1.CC[C@H](Nc1nc(N)nc2nc[nH]c(=O)c12)c1nc2cccc(F)c2c(=O)n1-c1ccccc1.Cc1nc(Cl)c2c(=O)[nH]cnc2n1.N.O. The number of fused-ring (bicyclic) bond motifs is 6. The molecule has 0 unspecified atom stereocenters. The van der Waals surface area contributed by atoms with Crippen LogP contribution in [0.3, 0.4) is 0 Å². The quantitative estimate of drug-likeness (QED) is 0.0499. The number of aromatic amines is 3. The van der Waals surface area contributed by atoms with Crippen molar-refractivity contribution >= 4 is 95.0 Å². The Bertz CT molecular complexity index is 5870. The van der Waals surface area contributed by atoms with Crippen LogP contribution in [0.2, 0.25) is 5.15 Å². The fraction of sp³-hybridized carbons (Fsp3) is 0.155. The summed E-state index contributed by atoms with van der Waals surface area (Å²) in [6.45, 7) is 9.10. The van der Waals surface area contributed by atoms with Crippen molar-refractivity contribution in [2.45, 2.75) is 72.0 Å². The number of hydrogen-bond acceptors (Lipinski definition) is 23. The molecule has 14 N–H and O–H groups in total. The van der Waals surface area contributed by atoms with Crippen molar-refractivity contribution in [3.05, 3.63) is 278 Å². The fourth-order valence-electron chi connectivity index (χ4n) is 11.4. The lowest BCUT2D eigenvalue weighted by molar-refractivity contribution is 0.614. The van der Waals surface area contributed by atoms with Gasteiger partial charge in [0.1, 0.15) is 95.7 Å². The van der Waals surface area contributed by atoms with Crippen LogP contribution in [0.15, 0.2) is 193 Å². The van der Waals surface area contributed by atoms with Crippen LogP contribution < -0.4 is 61.6 Å². The molecule has 6 aromatic carbocycles. The van der Waals surface area contributed by atoms with Crippen LogP contribution in [-0.4, -0.2) is 93.9 Å². The van der Waals surface area contributed by atoms with Crippen LogP contribution in [0, 0.1) is 31.3 Å². The highest BCUT2D eigenvalue weighted by Crippen LogP contribution is 2.30. The van der Waals surface area contributed by atoms with Crippen LogP contribution in [0.25, 0.3) is 82.9 Å². The maximum absolute atomic E-state index is 14.6. The summed E-state index contributed by atoms with van der Waals surface area (Å²) in [5.74, 6) is 0.539. The number of benzene rings is 6. The lowest BCUT2D eigenvalue weighted by Crippen LogP contribution is -2.29. The molecule has 0 fully saturated rings. The molecule has 3 atom stereocenters. The Balaban J connectivity index is 0.000000157. The Labute approximate surface area is 595 Å². The minimum atomic E-state index is -0.653. The highest BCUT2D eigenvalue weighted by atomic mass is 35.5. The number of H-pyrrole nitrogens is 3. The van der Waals surface area contributed by atoms with E-state index in [-0.39, 0.29) is 94.6 Å². The van der Waals surface area contributed by atoms with Gasteiger partial charge >= 0.3 is 0 Å². The summed E-state index contributed by atoms with van der Waals surface area (Å²) in [5, 5.41) is 6.91. The van der Waals surface area contributed by atoms with Gasteiger partial charge in [-0.1, -0.05) is 105 Å². The molecule has 15 rings (SSSR count). The summed E-state index contributed by atoms with van der Waals surface area (Å²) in [4.78, 5) is 134. The van der Waals surface area contributed by atoms with Crippen molar-refractivity contribution in [1.82, 2.24) is 94.6 Å². The number of aromatic nitrogens is 18. The zero-order valence-corrected chi connectivity index (χ0v) is 57.2. The van der Waals surface area contributed by atoms with E-state index in [1.807, 2.05) is 51.1 Å². The monoisotopic (exact) mass is 1440 g/mol. The molecule has 0 amide bonds. The highest BCUT2D eigenvalue weighted by Gasteiger charge is 2.27. The first-order valence-electron chi connectivity index (χ1n) is 32.0. The van der Waals surface area contributed by atoms with Gasteiger partial charge in [0.05, 0.1) is 70.7 Å². The molecule has 9 aromatic heterocycles. The lowest BCUT2D eigenvalue weighted by atomic mass is 10.1. The normalized spacial score (nSPS) is 11.8. The zero-order valence-electron chi connectivity index (χ0n) is 56.5. The number of hydrogen-bond donors (Lipinski definition) is 8. The molecule has 0 bridgehead atoms. The van der Waals surface area contributed by atoms with E-state index in [1.165, 1.54) is 69.1 Å². The Morgan fingerprint density at radius 1 is 0.429 bits per heavy atom. The Morgan fingerprint density at radius 3 is 1.16 bits per heavy atom. The average molecular weight is 1440 g/mol. The molecule has 0 spiro atoms. The predicted octanol–water partition coefficient (Wildman–Crippen LogP) is 9.07. The highest BCUT2D eigenvalue weighted by molar-refractivity contribution is 6.33. The number of rotatable bonds is 13. The molecule has 0 aliphatic carbocycles. The first kappa shape index (κ1) is 74.5. The minimum Gasteiger partial charge on any atom is -0.412 e. The summed E-state index contributed by atoms with van der Waals surface area (Å²) in [6.07, 6.45) is 5.36. The molecule has 9 heterocycles. The van der Waals surface area contributed by atoms with Crippen molar-refractivity contribution in [3.63, 3.8) is 0 Å². The summed E-state index contributed by atoms with van der Waals surface area (Å²) in [6, 6.07) is 38.3. The molecule has 34 heteroatoms. The fourth-order valence-corrected chi connectivity index (χ4v) is 11.6. The first-order chi connectivity index (χ1) is 49.8. The number of aryl methyl sites for hydroxylation is 2. The van der Waals surface area contributed by atoms with Crippen LogP contribution in [0.5, 0.6) is 0 Å². The summed E-state index contributed by atoms with van der Waals surface area (Å²) < 4.78 is 47.5. The van der Waals surface area contributed by atoms with Crippen LogP contribution >= 0.6 is 11.6 Å². The third-order valence-electron chi connectivity index (χ3n) is 16.2. The number of nitrogens with zero attached hydrogens (tertiary/aromatic N) is 15. The summed E-state index contributed by atoms with van der Waals surface area (Å²) >= 11 is 5.76. The van der Waals surface area contributed by atoms with Gasteiger partial charge in [0.25, 0.3) is 33.4 Å². The molecule has 0 radical (unpaired) electrons. The van der Waals surface area contributed by atoms with Crippen LogP contribution in [0.4, 0.5) is 30.8 Å². The predicted molar refractivity (Wildman–Crippen MR) is 394 cm³/mol. The molecule has 0 saturated heterocycles. The third-order valence-corrected chi connectivity index (χ3v) is 16.5. The number of nitrogens with one attached hydrogen (secondary N) is 5. The summed E-state index contributed by atoms with van der Waals surface area (Å²) in [7, 11) is 0. The van der Waals surface area contributed by atoms with Gasteiger partial charge in [0.15, 0.2) is 16.9 Å². The smallest absolute Gasteiger partial charge is 0.269 e. The van der Waals surface area contributed by atoms with Gasteiger partial charge in [0.2, 0.25) is 5.95 Å². The van der Waals surface area contributed by atoms with E-state index in [2.05, 4.69) is 85.4 Å². The van der Waals surface area contributed by atoms with Gasteiger partial charge in [-0.05, 0) is 106 Å². The number of nitrogen functional groups attached to an aromatic ring is 1. The second-order valence-electron chi connectivity index (χ2n) is 22.9. The average Bonchev–Trinajstić information content (AvgIpc) is 0.773. The maximum Gasteiger partial charge on any atom is 0.269 e. The van der Waals surface area contributed by atoms with E-state index in [1.54, 1.807) is 92.7 Å². The number of halogens is 4. The molecular weight excluding hydrogens is 1380 g/mol. The zero-order chi connectivity index (χ0) is 72.8. The van der Waals surface area contributed by atoms with E-state index >= 15 is 0 Å². The molecule has 534 valence electrons. The maximum atomic E-state index is 14.6. The van der Waals surface area contributed by atoms with Crippen molar-refractivity contribution < 1.29 is 18.6 Å². The first-order valence-corrected chi connectivity index (χ1v) is 32.3. The molecule has 15 aromatic rings. The molecule has 0 aliphatic heterocycles. The molecule has 105 heavy (non-hydrogen) atoms. The number of anilines is 3. The second kappa shape index (κ2) is 32.2. The minimum absolute atomic E-state index is 0. The van der Waals surface area contributed by atoms with Gasteiger partial charge in [-0.2, -0.15) is 9.97 Å². The van der Waals surface area contributed by atoms with Crippen molar-refractivity contribution in [2.24, 2.45) is 5.73 Å². The van der Waals surface area contributed by atoms with E-state index in [0.29, 0.717) is 76.6 Å². The Hall–Kier alpha value is -13.2. The van der Waals surface area contributed by atoms with Crippen LogP contribution in [-0.2, 0) is 0 Å². The largest absolute Gasteiger partial charge is 0.412 e. The van der Waals surface area contributed by atoms with Crippen molar-refractivity contribution in [1.29, 1.82) is 0 Å².